The fraction of sp³-hybridized carbons (Fsp3) is 0. The average molecular weight is 268 g/mol. The van der Waals surface area contributed by atoms with Crippen molar-refractivity contribution in [1.29, 1.82) is 10.7 Å². The lowest BCUT2D eigenvalue weighted by Crippen LogP contribution is -2.06. The van der Waals surface area contributed by atoms with E-state index in [2.05, 4.69) is 11.1 Å². The molecule has 1 aromatic carbocycles. The number of rotatable bonds is 0. The topological polar surface area (TPSA) is 103 Å². The molecule has 5 nitrogen and oxygen atoms in total. The van der Waals surface area contributed by atoms with Crippen LogP contribution in [-0.4, -0.2) is 4.98 Å². The number of anilines is 1. The van der Waals surface area contributed by atoms with Gasteiger partial charge >= 0.3 is 0 Å². The largest absolute Gasteiger partial charge is 0.438 e. The van der Waals surface area contributed by atoms with Gasteiger partial charge in [0, 0.05) is 10.8 Å². The average Bonchev–Trinajstić information content (AvgIpc) is 2.38. The number of nitrogens with two attached hydrogens (primary N) is 1. The van der Waals surface area contributed by atoms with Crippen molar-refractivity contribution in [2.24, 2.45) is 0 Å². The van der Waals surface area contributed by atoms with Crippen LogP contribution in [-0.2, 0) is 0 Å². The van der Waals surface area contributed by atoms with Crippen molar-refractivity contribution in [3.8, 4) is 6.07 Å². The molecule has 6 heteroatoms. The molecule has 2 heterocycles. The Morgan fingerprint density at radius 2 is 2.05 bits per heavy atom. The number of H-pyrrole nitrogens is 1. The summed E-state index contributed by atoms with van der Waals surface area (Å²) in [5.41, 5.74) is 6.53. The molecule has 4 N–H and O–H groups in total. The molecule has 0 atom stereocenters. The van der Waals surface area contributed by atoms with Gasteiger partial charge in [0.25, 0.3) is 0 Å². The van der Waals surface area contributed by atoms with Gasteiger partial charge in [-0.3, -0.25) is 5.41 Å². The number of nitrogens with one attached hydrogen (secondary N) is 2. The smallest absolute Gasteiger partial charge is 0.222 e. The maximum absolute atomic E-state index is 9.28. The highest BCUT2D eigenvalue weighted by molar-refractivity contribution is 7.71. The maximum atomic E-state index is 9.28. The third-order valence-electron chi connectivity index (χ3n) is 2.95. The molecule has 0 aliphatic rings. The molecule has 0 amide bonds. The third kappa shape index (κ3) is 1.53. The summed E-state index contributed by atoms with van der Waals surface area (Å²) in [4.78, 5) is 2.73. The van der Waals surface area contributed by atoms with E-state index in [-0.39, 0.29) is 16.9 Å². The van der Waals surface area contributed by atoms with Crippen molar-refractivity contribution >= 4 is 39.8 Å². The fourth-order valence-corrected chi connectivity index (χ4v) is 2.45. The lowest BCUT2D eigenvalue weighted by molar-refractivity contribution is 0.542. The molecule has 0 fully saturated rings. The first-order chi connectivity index (χ1) is 9.13. The third-order valence-corrected chi connectivity index (χ3v) is 3.26. The van der Waals surface area contributed by atoms with Crippen LogP contribution in [0.4, 0.5) is 5.82 Å². The van der Waals surface area contributed by atoms with E-state index in [1.165, 1.54) is 0 Å². The molecule has 0 aliphatic heterocycles. The molecule has 3 aromatic rings. The Labute approximate surface area is 112 Å². The number of nitrogen functional groups attached to an aromatic ring is 1. The van der Waals surface area contributed by atoms with Gasteiger partial charge in [-0.2, -0.15) is 5.26 Å². The highest BCUT2D eigenvalue weighted by atomic mass is 32.1. The zero-order valence-corrected chi connectivity index (χ0v) is 10.5. The molecule has 0 aliphatic carbocycles. The van der Waals surface area contributed by atoms with Gasteiger partial charge in [0.2, 0.25) is 5.55 Å². The first-order valence-corrected chi connectivity index (χ1v) is 5.86. The number of aromatic amines is 1. The van der Waals surface area contributed by atoms with Crippen LogP contribution in [0.15, 0.2) is 28.7 Å². The summed E-state index contributed by atoms with van der Waals surface area (Å²) in [6, 6.07) is 9.25. The Kier molecular flexibility index (Phi) is 2.37. The highest BCUT2D eigenvalue weighted by Crippen LogP contribution is 2.28. The summed E-state index contributed by atoms with van der Waals surface area (Å²) in [6.45, 7) is 0. The van der Waals surface area contributed by atoms with Crippen LogP contribution in [0.5, 0.6) is 0 Å². The number of benzene rings is 1. The number of nitrogens with zero attached hydrogens (tertiary/aromatic N) is 1. The summed E-state index contributed by atoms with van der Waals surface area (Å²) in [5, 5.41) is 18.9. The molecule has 0 saturated carbocycles. The minimum atomic E-state index is -0.0774. The fourth-order valence-electron chi connectivity index (χ4n) is 2.15. The molecular formula is C13H8N4OS. The second kappa shape index (κ2) is 3.93. The van der Waals surface area contributed by atoms with E-state index >= 15 is 0 Å². The Bertz CT molecular complexity index is 978. The number of hydrogen-bond donors (Lipinski definition) is 3. The zero-order chi connectivity index (χ0) is 13.6. The molecule has 0 bridgehead atoms. The van der Waals surface area contributed by atoms with E-state index in [0.29, 0.717) is 21.0 Å². The first-order valence-electron chi connectivity index (χ1n) is 5.45. The minimum absolute atomic E-state index is 0.0774. The molecule has 3 rings (SSSR count). The summed E-state index contributed by atoms with van der Waals surface area (Å²) >= 11 is 5.17. The van der Waals surface area contributed by atoms with E-state index in [0.717, 1.165) is 5.39 Å². The molecular weight excluding hydrogens is 260 g/mol. The van der Waals surface area contributed by atoms with Gasteiger partial charge in [-0.1, -0.05) is 30.4 Å². The second-order valence-corrected chi connectivity index (χ2v) is 4.44. The van der Waals surface area contributed by atoms with Gasteiger partial charge in [-0.05, 0) is 6.07 Å². The second-order valence-electron chi connectivity index (χ2n) is 4.03. The van der Waals surface area contributed by atoms with Crippen LogP contribution in [0.3, 0.4) is 0 Å². The van der Waals surface area contributed by atoms with Crippen LogP contribution >= 0.6 is 12.2 Å². The van der Waals surface area contributed by atoms with Gasteiger partial charge in [0.1, 0.15) is 27.7 Å². The normalized spacial score (nSPS) is 10.7. The van der Waals surface area contributed by atoms with Gasteiger partial charge in [-0.25, -0.2) is 0 Å². The van der Waals surface area contributed by atoms with E-state index in [1.807, 2.05) is 12.1 Å². The van der Waals surface area contributed by atoms with Gasteiger partial charge < -0.3 is 15.1 Å². The Morgan fingerprint density at radius 3 is 2.79 bits per heavy atom. The predicted molar refractivity (Wildman–Crippen MR) is 73.9 cm³/mol. The van der Waals surface area contributed by atoms with Crippen LogP contribution in [0, 0.1) is 21.4 Å². The lowest BCUT2D eigenvalue weighted by atomic mass is 10.0. The van der Waals surface area contributed by atoms with E-state index in [9.17, 15) is 5.26 Å². The van der Waals surface area contributed by atoms with Crippen molar-refractivity contribution in [1.82, 2.24) is 4.98 Å². The quantitative estimate of drug-likeness (QED) is 0.430. The molecule has 0 saturated heterocycles. The van der Waals surface area contributed by atoms with Crippen molar-refractivity contribution in [3.05, 3.63) is 40.0 Å². The first kappa shape index (κ1) is 11.4. The molecule has 92 valence electrons. The standard InChI is InChI=1S/C13H8N4OS/c14-5-7-9-6-3-1-2-4-8(6)18-12(16)10(9)13(19)17-11(7)15/h1-4,16H,(H3,15,17,19). The number of pyridine rings is 1. The molecule has 2 aromatic heterocycles. The number of aromatic nitrogens is 1. The SMILES string of the molecule is N#Cc1c(N)[nH]c(=S)c2c(=N)oc3ccccc3c12. The summed E-state index contributed by atoms with van der Waals surface area (Å²) < 4.78 is 5.72. The zero-order valence-electron chi connectivity index (χ0n) is 9.65. The molecule has 0 unspecified atom stereocenters. The van der Waals surface area contributed by atoms with E-state index in [4.69, 9.17) is 27.8 Å². The van der Waals surface area contributed by atoms with Crippen molar-refractivity contribution < 1.29 is 4.42 Å². The Morgan fingerprint density at radius 1 is 1.32 bits per heavy atom. The predicted octanol–water partition coefficient (Wildman–Crippen LogP) is 2.58. The molecule has 0 spiro atoms. The summed E-state index contributed by atoms with van der Waals surface area (Å²) in [6.07, 6.45) is 0. The van der Waals surface area contributed by atoms with Crippen molar-refractivity contribution in [2.75, 3.05) is 5.73 Å². The summed E-state index contributed by atoms with van der Waals surface area (Å²) in [5.74, 6) is 0.204. The van der Waals surface area contributed by atoms with Gasteiger partial charge in [0.15, 0.2) is 0 Å². The van der Waals surface area contributed by atoms with Gasteiger partial charge in [-0.15, -0.1) is 0 Å². The lowest BCUT2D eigenvalue weighted by Gasteiger charge is -2.07. The molecule has 19 heavy (non-hydrogen) atoms. The number of nitriles is 1. The molecule has 0 radical (unpaired) electrons. The van der Waals surface area contributed by atoms with Crippen LogP contribution in [0.1, 0.15) is 5.56 Å². The maximum Gasteiger partial charge on any atom is 0.222 e. The summed E-state index contributed by atoms with van der Waals surface area (Å²) in [7, 11) is 0. The highest BCUT2D eigenvalue weighted by Gasteiger charge is 2.14. The Hall–Kier alpha value is -2.65. The van der Waals surface area contributed by atoms with Crippen molar-refractivity contribution in [3.63, 3.8) is 0 Å². The monoisotopic (exact) mass is 268 g/mol. The van der Waals surface area contributed by atoms with Crippen molar-refractivity contribution in [2.45, 2.75) is 0 Å². The van der Waals surface area contributed by atoms with Crippen LogP contribution in [0.25, 0.3) is 21.7 Å². The Balaban J connectivity index is 2.82. The number of para-hydroxylation sites is 1. The number of fused-ring (bicyclic) bond motifs is 3. The minimum Gasteiger partial charge on any atom is -0.438 e. The van der Waals surface area contributed by atoms with Gasteiger partial charge in [0.05, 0.1) is 5.39 Å². The van der Waals surface area contributed by atoms with Crippen LogP contribution in [0.2, 0.25) is 0 Å². The van der Waals surface area contributed by atoms with Crippen LogP contribution < -0.4 is 11.3 Å². The van der Waals surface area contributed by atoms with E-state index < -0.39 is 0 Å². The number of hydrogen-bond acceptors (Lipinski definition) is 5. The van der Waals surface area contributed by atoms with E-state index in [1.54, 1.807) is 12.1 Å².